The molecule has 0 heterocycles. The summed E-state index contributed by atoms with van der Waals surface area (Å²) in [5.41, 5.74) is 5.66. The van der Waals surface area contributed by atoms with Gasteiger partial charge in [0.1, 0.15) is 0 Å². The van der Waals surface area contributed by atoms with E-state index < -0.39 is 17.9 Å². The summed E-state index contributed by atoms with van der Waals surface area (Å²) in [4.78, 5) is 25.4. The maximum Gasteiger partial charge on any atom is 0.332 e. The Labute approximate surface area is 115 Å². The fraction of sp³-hybridized carbons (Fsp3) is 0.846. The minimum absolute atomic E-state index is 0.0585. The van der Waals surface area contributed by atoms with Crippen molar-refractivity contribution in [3.05, 3.63) is 0 Å². The summed E-state index contributed by atoms with van der Waals surface area (Å²) in [7, 11) is 1.57. The molecular weight excluding hydrogens is 248 g/mol. The fourth-order valence-corrected chi connectivity index (χ4v) is 1.90. The van der Waals surface area contributed by atoms with Gasteiger partial charge in [0.2, 0.25) is 0 Å². The van der Waals surface area contributed by atoms with Crippen LogP contribution in [0.15, 0.2) is 0 Å². The van der Waals surface area contributed by atoms with Crippen molar-refractivity contribution in [1.29, 1.82) is 0 Å². The van der Waals surface area contributed by atoms with Gasteiger partial charge in [0.25, 0.3) is 5.91 Å². The zero-order chi connectivity index (χ0) is 14.8. The number of ether oxygens (including phenoxy) is 2. The minimum Gasteiger partial charge on any atom is -0.464 e. The number of nitrogens with two attached hydrogens (primary N) is 1. The molecule has 0 spiro atoms. The van der Waals surface area contributed by atoms with Gasteiger partial charge in [-0.2, -0.15) is 0 Å². The zero-order valence-electron chi connectivity index (χ0n) is 12.3. The van der Waals surface area contributed by atoms with Crippen LogP contribution in [0.5, 0.6) is 0 Å². The zero-order valence-corrected chi connectivity index (χ0v) is 12.3. The second-order valence-electron chi connectivity index (χ2n) is 4.22. The van der Waals surface area contributed by atoms with E-state index in [0.29, 0.717) is 13.2 Å². The Balaban J connectivity index is 4.82. The molecule has 0 aliphatic heterocycles. The van der Waals surface area contributed by atoms with E-state index in [1.807, 2.05) is 13.8 Å². The molecule has 0 fully saturated rings. The Kier molecular flexibility index (Phi) is 9.16. The summed E-state index contributed by atoms with van der Waals surface area (Å²) >= 11 is 0. The number of esters is 1. The quantitative estimate of drug-likeness (QED) is 0.490. The molecule has 6 heteroatoms. The van der Waals surface area contributed by atoms with E-state index in [0.717, 1.165) is 12.8 Å². The summed E-state index contributed by atoms with van der Waals surface area (Å²) in [6.45, 7) is 6.72. The Morgan fingerprint density at radius 3 is 2.21 bits per heavy atom. The Morgan fingerprint density at radius 1 is 1.21 bits per heavy atom. The van der Waals surface area contributed by atoms with Crippen molar-refractivity contribution in [3.8, 4) is 0 Å². The average molecular weight is 274 g/mol. The SMILES string of the molecule is CCOC(=O)C(N)C(=O)N(CCOC)C(CC)CC. The Morgan fingerprint density at radius 2 is 1.79 bits per heavy atom. The number of carbonyl (C=O) groups excluding carboxylic acids is 2. The third-order valence-corrected chi connectivity index (χ3v) is 3.01. The van der Waals surface area contributed by atoms with Crippen LogP contribution in [-0.4, -0.2) is 55.7 Å². The van der Waals surface area contributed by atoms with E-state index in [9.17, 15) is 9.59 Å². The standard InChI is InChI=1S/C13H26N2O4/c1-5-10(6-2)15(8-9-18-4)12(16)11(14)13(17)19-7-3/h10-11H,5-9,14H2,1-4H3. The van der Waals surface area contributed by atoms with E-state index in [1.54, 1.807) is 18.9 Å². The van der Waals surface area contributed by atoms with Crippen molar-refractivity contribution >= 4 is 11.9 Å². The van der Waals surface area contributed by atoms with Gasteiger partial charge < -0.3 is 20.1 Å². The number of hydrogen-bond donors (Lipinski definition) is 1. The van der Waals surface area contributed by atoms with Gasteiger partial charge >= 0.3 is 5.97 Å². The highest BCUT2D eigenvalue weighted by atomic mass is 16.5. The van der Waals surface area contributed by atoms with E-state index in [2.05, 4.69) is 0 Å². The van der Waals surface area contributed by atoms with Crippen molar-refractivity contribution in [3.63, 3.8) is 0 Å². The molecule has 0 aliphatic carbocycles. The van der Waals surface area contributed by atoms with Gasteiger partial charge in [-0.1, -0.05) is 13.8 Å². The van der Waals surface area contributed by atoms with Gasteiger partial charge in [-0.3, -0.25) is 4.79 Å². The first-order valence-electron chi connectivity index (χ1n) is 6.74. The van der Waals surface area contributed by atoms with Crippen LogP contribution in [0.4, 0.5) is 0 Å². The molecule has 0 rings (SSSR count). The smallest absolute Gasteiger partial charge is 0.332 e. The Hall–Kier alpha value is -1.14. The molecule has 2 N–H and O–H groups in total. The van der Waals surface area contributed by atoms with Crippen LogP contribution in [-0.2, 0) is 19.1 Å². The predicted octanol–water partition coefficient (Wildman–Crippen LogP) is 0.540. The highest BCUT2D eigenvalue weighted by Gasteiger charge is 2.31. The number of nitrogens with zero attached hydrogens (tertiary/aromatic N) is 1. The number of hydrogen-bond acceptors (Lipinski definition) is 5. The first kappa shape index (κ1) is 17.9. The Bertz CT molecular complexity index is 280. The first-order chi connectivity index (χ1) is 9.03. The fourth-order valence-electron chi connectivity index (χ4n) is 1.90. The van der Waals surface area contributed by atoms with Gasteiger partial charge in [0.15, 0.2) is 6.04 Å². The summed E-state index contributed by atoms with van der Waals surface area (Å²) in [5.74, 6) is -1.08. The molecule has 1 amide bonds. The average Bonchev–Trinajstić information content (AvgIpc) is 2.42. The lowest BCUT2D eigenvalue weighted by Crippen LogP contribution is -2.53. The van der Waals surface area contributed by atoms with E-state index in [1.165, 1.54) is 0 Å². The lowest BCUT2D eigenvalue weighted by atomic mass is 10.1. The van der Waals surface area contributed by atoms with Crippen LogP contribution in [0.3, 0.4) is 0 Å². The van der Waals surface area contributed by atoms with Crippen LogP contribution in [0, 0.1) is 0 Å². The number of amides is 1. The molecule has 0 aromatic rings. The van der Waals surface area contributed by atoms with Crippen LogP contribution in [0.2, 0.25) is 0 Å². The molecule has 0 saturated carbocycles. The van der Waals surface area contributed by atoms with E-state index in [-0.39, 0.29) is 12.6 Å². The largest absolute Gasteiger partial charge is 0.464 e. The first-order valence-corrected chi connectivity index (χ1v) is 6.74. The molecular formula is C13H26N2O4. The number of methoxy groups -OCH3 is 1. The summed E-state index contributed by atoms with van der Waals surface area (Å²) in [6, 6.07) is -1.19. The highest BCUT2D eigenvalue weighted by Crippen LogP contribution is 2.10. The number of rotatable bonds is 9. The molecule has 1 atom stereocenters. The van der Waals surface area contributed by atoms with Crippen molar-refractivity contribution < 1.29 is 19.1 Å². The van der Waals surface area contributed by atoms with Gasteiger partial charge in [-0.25, -0.2) is 4.79 Å². The summed E-state index contributed by atoms with van der Waals surface area (Å²) in [5, 5.41) is 0. The monoisotopic (exact) mass is 274 g/mol. The lowest BCUT2D eigenvalue weighted by Gasteiger charge is -2.31. The minimum atomic E-state index is -1.25. The van der Waals surface area contributed by atoms with Crippen molar-refractivity contribution in [1.82, 2.24) is 4.90 Å². The molecule has 6 nitrogen and oxygen atoms in total. The van der Waals surface area contributed by atoms with Gasteiger partial charge in [0.05, 0.1) is 13.2 Å². The van der Waals surface area contributed by atoms with Gasteiger partial charge in [-0.05, 0) is 19.8 Å². The maximum atomic E-state index is 12.3. The summed E-state index contributed by atoms with van der Waals surface area (Å²) < 4.78 is 9.78. The van der Waals surface area contributed by atoms with Gasteiger partial charge in [0, 0.05) is 19.7 Å². The molecule has 0 aromatic heterocycles. The predicted molar refractivity (Wildman–Crippen MR) is 72.6 cm³/mol. The molecule has 19 heavy (non-hydrogen) atoms. The van der Waals surface area contributed by atoms with Crippen molar-refractivity contribution in [2.24, 2.45) is 5.73 Å². The molecule has 0 aromatic carbocycles. The maximum absolute atomic E-state index is 12.3. The van der Waals surface area contributed by atoms with Crippen LogP contribution in [0.1, 0.15) is 33.6 Å². The van der Waals surface area contributed by atoms with Crippen LogP contribution < -0.4 is 5.73 Å². The number of carbonyl (C=O) groups is 2. The van der Waals surface area contributed by atoms with Crippen LogP contribution in [0.25, 0.3) is 0 Å². The molecule has 1 unspecified atom stereocenters. The third kappa shape index (κ3) is 5.57. The molecule has 0 bridgehead atoms. The third-order valence-electron chi connectivity index (χ3n) is 3.01. The molecule has 0 radical (unpaired) electrons. The second-order valence-corrected chi connectivity index (χ2v) is 4.22. The van der Waals surface area contributed by atoms with E-state index in [4.69, 9.17) is 15.2 Å². The topological polar surface area (TPSA) is 81.9 Å². The van der Waals surface area contributed by atoms with E-state index >= 15 is 0 Å². The normalized spacial score (nSPS) is 12.3. The molecule has 112 valence electrons. The van der Waals surface area contributed by atoms with Gasteiger partial charge in [-0.15, -0.1) is 0 Å². The van der Waals surface area contributed by atoms with Crippen LogP contribution >= 0.6 is 0 Å². The second kappa shape index (κ2) is 9.75. The molecule has 0 aliphatic rings. The summed E-state index contributed by atoms with van der Waals surface area (Å²) in [6.07, 6.45) is 1.61. The highest BCUT2D eigenvalue weighted by molar-refractivity contribution is 6.01. The molecule has 0 saturated heterocycles. The van der Waals surface area contributed by atoms with Crippen molar-refractivity contribution in [2.45, 2.75) is 45.7 Å². The lowest BCUT2D eigenvalue weighted by molar-refractivity contribution is -0.152. The van der Waals surface area contributed by atoms with Crippen molar-refractivity contribution in [2.75, 3.05) is 26.9 Å².